The van der Waals surface area contributed by atoms with Gasteiger partial charge >= 0.3 is 0 Å². The summed E-state index contributed by atoms with van der Waals surface area (Å²) in [6.07, 6.45) is 0. The van der Waals surface area contributed by atoms with Crippen molar-refractivity contribution in [3.8, 4) is 0 Å². The average molecular weight is 423 g/mol. The Morgan fingerprint density at radius 3 is 2.33 bits per heavy atom. The second-order valence-corrected chi connectivity index (χ2v) is 8.18. The van der Waals surface area contributed by atoms with Gasteiger partial charge in [-0.2, -0.15) is 0 Å². The summed E-state index contributed by atoms with van der Waals surface area (Å²) in [6, 6.07) is 20.5. The van der Waals surface area contributed by atoms with Crippen LogP contribution in [-0.2, 0) is 12.1 Å². The molecule has 5 heteroatoms. The van der Waals surface area contributed by atoms with Crippen molar-refractivity contribution in [3.05, 3.63) is 105 Å². The first-order valence-corrected chi connectivity index (χ1v) is 10.2. The fourth-order valence-electron chi connectivity index (χ4n) is 3.80. The zero-order valence-electron chi connectivity index (χ0n) is 17.7. The molecule has 3 aromatic carbocycles. The molecule has 0 aromatic heterocycles. The van der Waals surface area contributed by atoms with Gasteiger partial charge in [0.1, 0.15) is 5.60 Å². The summed E-state index contributed by atoms with van der Waals surface area (Å²) in [7, 11) is 5.57. The molecular weight excluding hydrogens is 396 g/mol. The van der Waals surface area contributed by atoms with Crippen molar-refractivity contribution < 1.29 is 9.90 Å². The van der Waals surface area contributed by atoms with Gasteiger partial charge in [-0.3, -0.25) is 4.79 Å². The lowest BCUT2D eigenvalue weighted by Crippen LogP contribution is -2.34. The maximum absolute atomic E-state index is 12.8. The van der Waals surface area contributed by atoms with E-state index in [1.807, 2.05) is 75.6 Å². The van der Waals surface area contributed by atoms with Crippen molar-refractivity contribution >= 4 is 17.5 Å². The summed E-state index contributed by atoms with van der Waals surface area (Å²) in [5.74, 6) is -0.244. The van der Waals surface area contributed by atoms with Crippen LogP contribution < -0.4 is 5.32 Å². The summed E-state index contributed by atoms with van der Waals surface area (Å²) in [5.41, 5.74) is 2.73. The molecule has 0 aliphatic rings. The van der Waals surface area contributed by atoms with E-state index in [2.05, 4.69) is 10.2 Å². The molecule has 0 aliphatic heterocycles. The van der Waals surface area contributed by atoms with Gasteiger partial charge in [0.25, 0.3) is 5.91 Å². The van der Waals surface area contributed by atoms with Crippen molar-refractivity contribution in [2.24, 2.45) is 0 Å². The van der Waals surface area contributed by atoms with E-state index in [1.165, 1.54) is 0 Å². The molecule has 0 heterocycles. The number of nitrogens with one attached hydrogen (secondary N) is 1. The van der Waals surface area contributed by atoms with Gasteiger partial charge in [-0.1, -0.05) is 65.7 Å². The van der Waals surface area contributed by atoms with E-state index < -0.39 is 5.60 Å². The molecule has 0 aliphatic carbocycles. The molecule has 156 valence electrons. The SMILES string of the molecule is CNC(=O)c1cc(C)ccc1C(O)(c1ccc(Cl)cc1)c1ccccc1CN(C)C. The Morgan fingerprint density at radius 1 is 1.03 bits per heavy atom. The van der Waals surface area contributed by atoms with Crippen molar-refractivity contribution in [1.29, 1.82) is 0 Å². The highest BCUT2D eigenvalue weighted by Gasteiger charge is 2.38. The van der Waals surface area contributed by atoms with Crippen LogP contribution in [0, 0.1) is 6.92 Å². The average Bonchev–Trinajstić information content (AvgIpc) is 2.73. The minimum atomic E-state index is -1.53. The second-order valence-electron chi connectivity index (χ2n) is 7.74. The Kier molecular flexibility index (Phi) is 6.61. The number of aryl methyl sites for hydroxylation is 1. The Hall–Kier alpha value is -2.66. The van der Waals surface area contributed by atoms with Gasteiger partial charge in [-0.15, -0.1) is 0 Å². The number of rotatable bonds is 6. The molecule has 3 rings (SSSR count). The van der Waals surface area contributed by atoms with Crippen LogP contribution in [0.3, 0.4) is 0 Å². The molecule has 0 bridgehead atoms. The third-order valence-corrected chi connectivity index (χ3v) is 5.44. The van der Waals surface area contributed by atoms with Gasteiger partial charge in [-0.05, 0) is 55.9 Å². The smallest absolute Gasteiger partial charge is 0.251 e. The summed E-state index contributed by atoms with van der Waals surface area (Å²) >= 11 is 6.13. The summed E-state index contributed by atoms with van der Waals surface area (Å²) < 4.78 is 0. The minimum Gasteiger partial charge on any atom is -0.376 e. The number of carbonyl (C=O) groups excluding carboxylic acids is 1. The fraction of sp³-hybridized carbons (Fsp3) is 0.240. The molecule has 1 unspecified atom stereocenters. The molecular formula is C25H27ClN2O2. The van der Waals surface area contributed by atoms with Crippen molar-refractivity contribution in [2.75, 3.05) is 21.1 Å². The number of benzene rings is 3. The van der Waals surface area contributed by atoms with E-state index in [9.17, 15) is 9.90 Å². The predicted molar refractivity (Wildman–Crippen MR) is 122 cm³/mol. The maximum Gasteiger partial charge on any atom is 0.251 e. The molecule has 2 N–H and O–H groups in total. The van der Waals surface area contributed by atoms with Gasteiger partial charge in [0, 0.05) is 29.7 Å². The van der Waals surface area contributed by atoms with Crippen LogP contribution >= 0.6 is 11.6 Å². The van der Waals surface area contributed by atoms with E-state index in [0.29, 0.717) is 28.3 Å². The van der Waals surface area contributed by atoms with E-state index in [4.69, 9.17) is 11.6 Å². The van der Waals surface area contributed by atoms with Crippen molar-refractivity contribution in [2.45, 2.75) is 19.1 Å². The minimum absolute atomic E-state index is 0.244. The Labute approximate surface area is 183 Å². The zero-order chi connectivity index (χ0) is 21.9. The number of nitrogens with zero attached hydrogens (tertiary/aromatic N) is 1. The summed E-state index contributed by atoms with van der Waals surface area (Å²) in [6.45, 7) is 2.57. The van der Waals surface area contributed by atoms with Crippen LogP contribution in [0.15, 0.2) is 66.7 Å². The topological polar surface area (TPSA) is 52.6 Å². The Morgan fingerprint density at radius 2 is 1.70 bits per heavy atom. The first kappa shape index (κ1) is 22.0. The number of carbonyl (C=O) groups is 1. The molecule has 4 nitrogen and oxygen atoms in total. The van der Waals surface area contributed by atoms with Crippen LogP contribution in [0.4, 0.5) is 0 Å². The maximum atomic E-state index is 12.8. The molecule has 0 spiro atoms. The fourth-order valence-corrected chi connectivity index (χ4v) is 3.92. The van der Waals surface area contributed by atoms with Crippen molar-refractivity contribution in [3.63, 3.8) is 0 Å². The van der Waals surface area contributed by atoms with Crippen LogP contribution in [0.25, 0.3) is 0 Å². The molecule has 30 heavy (non-hydrogen) atoms. The highest BCUT2D eigenvalue weighted by molar-refractivity contribution is 6.30. The largest absolute Gasteiger partial charge is 0.376 e. The standard InChI is InChI=1S/C25H27ClN2O2/c1-17-9-14-23(21(15-17)24(29)27-2)25(30,19-10-12-20(26)13-11-19)22-8-6-5-7-18(22)16-28(3)4/h5-15,30H,16H2,1-4H3,(H,27,29). The third kappa shape index (κ3) is 4.26. The number of halogens is 1. The van der Waals surface area contributed by atoms with E-state index >= 15 is 0 Å². The lowest BCUT2D eigenvalue weighted by atomic mass is 9.76. The Bertz CT molecular complexity index is 1050. The number of aliphatic hydroxyl groups is 1. The number of amides is 1. The molecule has 1 atom stereocenters. The van der Waals surface area contributed by atoms with E-state index in [1.54, 1.807) is 19.2 Å². The second kappa shape index (κ2) is 9.00. The first-order valence-electron chi connectivity index (χ1n) is 9.82. The van der Waals surface area contributed by atoms with Crippen LogP contribution in [0.2, 0.25) is 5.02 Å². The van der Waals surface area contributed by atoms with Crippen LogP contribution in [0.5, 0.6) is 0 Å². The van der Waals surface area contributed by atoms with Gasteiger partial charge in [0.2, 0.25) is 0 Å². The van der Waals surface area contributed by atoms with E-state index in [-0.39, 0.29) is 5.91 Å². The number of hydrogen-bond donors (Lipinski definition) is 2. The van der Waals surface area contributed by atoms with Gasteiger partial charge in [0.05, 0.1) is 0 Å². The predicted octanol–water partition coefficient (Wildman–Crippen LogP) is 4.35. The summed E-state index contributed by atoms with van der Waals surface area (Å²) in [4.78, 5) is 14.8. The molecule has 0 saturated carbocycles. The van der Waals surface area contributed by atoms with Gasteiger partial charge in [-0.25, -0.2) is 0 Å². The molecule has 3 aromatic rings. The van der Waals surface area contributed by atoms with Crippen LogP contribution in [0.1, 0.15) is 38.2 Å². The highest BCUT2D eigenvalue weighted by Crippen LogP contribution is 2.41. The van der Waals surface area contributed by atoms with Gasteiger partial charge in [0.15, 0.2) is 0 Å². The van der Waals surface area contributed by atoms with Gasteiger partial charge < -0.3 is 15.3 Å². The highest BCUT2D eigenvalue weighted by atomic mass is 35.5. The van der Waals surface area contributed by atoms with Crippen molar-refractivity contribution in [1.82, 2.24) is 10.2 Å². The molecule has 1 amide bonds. The number of hydrogen-bond acceptors (Lipinski definition) is 3. The third-order valence-electron chi connectivity index (χ3n) is 5.19. The zero-order valence-corrected chi connectivity index (χ0v) is 18.5. The quantitative estimate of drug-likeness (QED) is 0.580. The lowest BCUT2D eigenvalue weighted by Gasteiger charge is -2.34. The molecule has 0 fully saturated rings. The molecule has 0 radical (unpaired) electrons. The van der Waals surface area contributed by atoms with Crippen LogP contribution in [-0.4, -0.2) is 37.1 Å². The summed E-state index contributed by atoms with van der Waals surface area (Å²) in [5, 5.41) is 15.7. The Balaban J connectivity index is 2.37. The first-order chi connectivity index (χ1) is 14.3. The molecule has 0 saturated heterocycles. The normalized spacial score (nSPS) is 13.2. The monoisotopic (exact) mass is 422 g/mol. The lowest BCUT2D eigenvalue weighted by molar-refractivity contribution is 0.0938. The van der Waals surface area contributed by atoms with E-state index in [0.717, 1.165) is 16.7 Å².